The summed E-state index contributed by atoms with van der Waals surface area (Å²) in [5.74, 6) is -0.469. The monoisotopic (exact) mass is 343 g/mol. The molecule has 1 fully saturated rings. The van der Waals surface area contributed by atoms with Crippen LogP contribution in [0.2, 0.25) is 0 Å². The van der Waals surface area contributed by atoms with Crippen molar-refractivity contribution in [2.45, 2.75) is 12.8 Å². The van der Waals surface area contributed by atoms with E-state index in [9.17, 15) is 14.4 Å². The fourth-order valence-corrected chi connectivity index (χ4v) is 3.45. The van der Waals surface area contributed by atoms with Crippen molar-refractivity contribution in [3.8, 4) is 0 Å². The molecule has 4 nitrogen and oxygen atoms in total. The molecule has 0 spiro atoms. The normalized spacial score (nSPS) is 18.7. The van der Waals surface area contributed by atoms with Crippen molar-refractivity contribution in [2.24, 2.45) is 0 Å². The third-order valence-corrected chi connectivity index (χ3v) is 4.85. The van der Waals surface area contributed by atoms with E-state index in [1.165, 1.54) is 7.05 Å². The predicted molar refractivity (Wildman–Crippen MR) is 101 cm³/mol. The Morgan fingerprint density at radius 2 is 1.54 bits per heavy atom. The largest absolute Gasteiger partial charge is 0.298 e. The molecule has 4 heteroatoms. The summed E-state index contributed by atoms with van der Waals surface area (Å²) in [6.45, 7) is 0. The summed E-state index contributed by atoms with van der Waals surface area (Å²) in [5.41, 5.74) is 3.94. The molecule has 0 aromatic heterocycles. The lowest BCUT2D eigenvalue weighted by molar-refractivity contribution is -0.135. The molecule has 2 aliphatic rings. The Bertz CT molecular complexity index is 1060. The van der Waals surface area contributed by atoms with Crippen LogP contribution >= 0.6 is 0 Å². The molecule has 4 rings (SSSR count). The SMILES string of the molecule is CN1C(=O)C/C(=C\C2=Cc3cc4ccccc4cc3C=C(C=O)C2)C1=O. The molecule has 0 bridgehead atoms. The number of carbonyl (C=O) groups excluding carboxylic acids is 3. The smallest absolute Gasteiger partial charge is 0.256 e. The number of benzene rings is 2. The van der Waals surface area contributed by atoms with Gasteiger partial charge in [-0.2, -0.15) is 0 Å². The van der Waals surface area contributed by atoms with Gasteiger partial charge < -0.3 is 0 Å². The molecule has 0 unspecified atom stereocenters. The van der Waals surface area contributed by atoms with Crippen LogP contribution in [0.15, 0.2) is 59.2 Å². The average molecular weight is 343 g/mol. The van der Waals surface area contributed by atoms with E-state index in [0.29, 0.717) is 17.6 Å². The van der Waals surface area contributed by atoms with Crippen molar-refractivity contribution in [2.75, 3.05) is 7.05 Å². The van der Waals surface area contributed by atoms with E-state index in [1.54, 1.807) is 6.08 Å². The van der Waals surface area contributed by atoms with E-state index < -0.39 is 0 Å². The Morgan fingerprint density at radius 1 is 0.923 bits per heavy atom. The highest BCUT2D eigenvalue weighted by atomic mass is 16.2. The second kappa shape index (κ2) is 6.23. The van der Waals surface area contributed by atoms with Crippen molar-refractivity contribution in [1.29, 1.82) is 0 Å². The topological polar surface area (TPSA) is 54.5 Å². The molecule has 1 aliphatic carbocycles. The molecule has 2 aromatic carbocycles. The molecule has 2 aromatic rings. The maximum atomic E-state index is 12.2. The van der Waals surface area contributed by atoms with Crippen molar-refractivity contribution in [3.63, 3.8) is 0 Å². The van der Waals surface area contributed by atoms with E-state index in [-0.39, 0.29) is 18.2 Å². The third kappa shape index (κ3) is 2.80. The van der Waals surface area contributed by atoms with Gasteiger partial charge in [0.25, 0.3) is 5.91 Å². The molecular weight excluding hydrogens is 326 g/mol. The first-order chi connectivity index (χ1) is 12.5. The van der Waals surface area contributed by atoms with Crippen LogP contribution in [-0.4, -0.2) is 30.0 Å². The average Bonchev–Trinajstić information content (AvgIpc) is 2.80. The molecular formula is C22H17NO3. The van der Waals surface area contributed by atoms with Gasteiger partial charge in [-0.1, -0.05) is 30.3 Å². The Labute approximate surface area is 151 Å². The van der Waals surface area contributed by atoms with Crippen molar-refractivity contribution in [1.82, 2.24) is 4.90 Å². The third-order valence-electron chi connectivity index (χ3n) is 4.85. The van der Waals surface area contributed by atoms with Gasteiger partial charge in [0.1, 0.15) is 6.29 Å². The lowest BCUT2D eigenvalue weighted by atomic mass is 9.99. The molecule has 0 N–H and O–H groups in total. The molecule has 1 aliphatic heterocycles. The highest BCUT2D eigenvalue weighted by molar-refractivity contribution is 6.13. The highest BCUT2D eigenvalue weighted by Gasteiger charge is 2.30. The predicted octanol–water partition coefficient (Wildman–Crippen LogP) is 3.52. The van der Waals surface area contributed by atoms with Gasteiger partial charge in [0.05, 0.1) is 6.42 Å². The number of carbonyl (C=O) groups is 3. The first kappa shape index (κ1) is 16.2. The Morgan fingerprint density at radius 3 is 2.08 bits per heavy atom. The lowest BCUT2D eigenvalue weighted by Crippen LogP contribution is -2.23. The van der Waals surface area contributed by atoms with Gasteiger partial charge in [-0.05, 0) is 57.3 Å². The summed E-state index contributed by atoms with van der Waals surface area (Å²) in [7, 11) is 1.49. The fraction of sp³-hybridized carbons (Fsp3) is 0.136. The summed E-state index contributed by atoms with van der Waals surface area (Å²) in [6.07, 6.45) is 7.04. The highest BCUT2D eigenvalue weighted by Crippen LogP contribution is 2.30. The maximum Gasteiger partial charge on any atom is 0.256 e. The first-order valence-electron chi connectivity index (χ1n) is 8.46. The molecule has 128 valence electrons. The zero-order chi connectivity index (χ0) is 18.3. The minimum Gasteiger partial charge on any atom is -0.298 e. The van der Waals surface area contributed by atoms with Crippen LogP contribution in [0.25, 0.3) is 22.9 Å². The Kier molecular flexibility index (Phi) is 3.88. The minimum absolute atomic E-state index is 0.109. The molecule has 2 amide bonds. The number of likely N-dealkylation sites (tertiary alicyclic amines) is 1. The zero-order valence-corrected chi connectivity index (χ0v) is 14.4. The van der Waals surface area contributed by atoms with Crippen molar-refractivity contribution < 1.29 is 14.4 Å². The molecule has 0 saturated carbocycles. The number of amides is 2. The van der Waals surface area contributed by atoms with E-state index in [4.69, 9.17) is 0 Å². The Balaban J connectivity index is 1.84. The molecule has 1 heterocycles. The molecule has 0 atom stereocenters. The molecule has 0 radical (unpaired) electrons. The zero-order valence-electron chi connectivity index (χ0n) is 14.4. The summed E-state index contributed by atoms with van der Waals surface area (Å²) >= 11 is 0. The number of imide groups is 1. The van der Waals surface area contributed by atoms with Crippen LogP contribution in [0.5, 0.6) is 0 Å². The van der Waals surface area contributed by atoms with Gasteiger partial charge >= 0.3 is 0 Å². The van der Waals surface area contributed by atoms with E-state index >= 15 is 0 Å². The minimum atomic E-state index is -0.268. The van der Waals surface area contributed by atoms with Gasteiger partial charge in [0.2, 0.25) is 5.91 Å². The van der Waals surface area contributed by atoms with Gasteiger partial charge in [0.15, 0.2) is 0 Å². The van der Waals surface area contributed by atoms with Crippen LogP contribution < -0.4 is 0 Å². The summed E-state index contributed by atoms with van der Waals surface area (Å²) < 4.78 is 0. The van der Waals surface area contributed by atoms with Crippen LogP contribution in [-0.2, 0) is 14.4 Å². The van der Waals surface area contributed by atoms with E-state index in [2.05, 4.69) is 12.1 Å². The lowest BCUT2D eigenvalue weighted by Gasteiger charge is -2.05. The van der Waals surface area contributed by atoms with Gasteiger partial charge in [0, 0.05) is 19.0 Å². The first-order valence-corrected chi connectivity index (χ1v) is 8.46. The second-order valence-electron chi connectivity index (χ2n) is 6.67. The number of hydrogen-bond donors (Lipinski definition) is 0. The summed E-state index contributed by atoms with van der Waals surface area (Å²) in [5, 5.41) is 2.23. The van der Waals surface area contributed by atoms with E-state index in [0.717, 1.165) is 38.7 Å². The number of rotatable bonds is 2. The number of likely N-dealkylation sites (N-methyl/N-ethyl adjacent to an activating group) is 1. The van der Waals surface area contributed by atoms with Gasteiger partial charge in [-0.25, -0.2) is 0 Å². The van der Waals surface area contributed by atoms with Crippen LogP contribution in [0, 0.1) is 0 Å². The van der Waals surface area contributed by atoms with Crippen LogP contribution in [0.3, 0.4) is 0 Å². The quantitative estimate of drug-likeness (QED) is 0.476. The number of fused-ring (bicyclic) bond motifs is 2. The molecule has 26 heavy (non-hydrogen) atoms. The summed E-state index contributed by atoms with van der Waals surface area (Å²) in [4.78, 5) is 36.6. The maximum absolute atomic E-state index is 12.2. The summed E-state index contributed by atoms with van der Waals surface area (Å²) in [6, 6.07) is 12.2. The van der Waals surface area contributed by atoms with Gasteiger partial charge in [-0.15, -0.1) is 0 Å². The number of allylic oxidation sites excluding steroid dienone is 3. The van der Waals surface area contributed by atoms with Crippen LogP contribution in [0.4, 0.5) is 0 Å². The Hall–Kier alpha value is -3.27. The van der Waals surface area contributed by atoms with E-state index in [1.807, 2.05) is 36.4 Å². The number of aldehydes is 1. The fourth-order valence-electron chi connectivity index (χ4n) is 3.45. The number of nitrogens with zero attached hydrogens (tertiary/aromatic N) is 1. The molecule has 1 saturated heterocycles. The number of hydrogen-bond acceptors (Lipinski definition) is 3. The van der Waals surface area contributed by atoms with Gasteiger partial charge in [-0.3, -0.25) is 19.3 Å². The standard InChI is InChI=1S/C22H17NO3/c1-23-21(25)12-20(22(23)26)8-14-6-15(13-24)9-19-11-17-5-3-2-4-16(17)10-18(19)7-14/h2-5,7-11,13H,6,12H2,1H3/b20-8+. The van der Waals surface area contributed by atoms with Crippen molar-refractivity contribution >= 4 is 41.0 Å². The van der Waals surface area contributed by atoms with Crippen molar-refractivity contribution in [3.05, 3.63) is 70.3 Å². The second-order valence-corrected chi connectivity index (χ2v) is 6.67. The van der Waals surface area contributed by atoms with Crippen LogP contribution in [0.1, 0.15) is 24.0 Å².